The summed E-state index contributed by atoms with van der Waals surface area (Å²) in [5, 5.41) is 9.99. The summed E-state index contributed by atoms with van der Waals surface area (Å²) in [5.74, 6) is 0. The van der Waals surface area contributed by atoms with E-state index in [0.29, 0.717) is 0 Å². The van der Waals surface area contributed by atoms with Crippen molar-refractivity contribution in [3.8, 4) is 0 Å². The summed E-state index contributed by atoms with van der Waals surface area (Å²) in [6.07, 6.45) is -0.516. The molecule has 0 aromatic heterocycles. The quantitative estimate of drug-likeness (QED) is 0.749. The Labute approximate surface area is 112 Å². The second kappa shape index (κ2) is 6.09. The van der Waals surface area contributed by atoms with Gasteiger partial charge in [0.25, 0.3) is 0 Å². The zero-order valence-electron chi connectivity index (χ0n) is 7.80. The van der Waals surface area contributed by atoms with Crippen molar-refractivity contribution < 1.29 is 5.11 Å². The van der Waals surface area contributed by atoms with Gasteiger partial charge in [-0.05, 0) is 11.1 Å². The van der Waals surface area contributed by atoms with E-state index in [1.54, 1.807) is 0 Å². The first-order valence-corrected chi connectivity index (χ1v) is 4.66. The molecule has 1 N–H and O–H groups in total. The van der Waals surface area contributed by atoms with Gasteiger partial charge in [-0.3, -0.25) is 0 Å². The topological polar surface area (TPSA) is 20.2 Å². The molecule has 0 aliphatic heterocycles. The predicted molar refractivity (Wildman–Crippen MR) is 64.1 cm³/mol. The molecule has 1 nitrogen and oxygen atoms in total. The molecule has 0 saturated heterocycles. The van der Waals surface area contributed by atoms with Crippen LogP contribution in [0.3, 0.4) is 0 Å². The van der Waals surface area contributed by atoms with Crippen LogP contribution in [0.5, 0.6) is 0 Å². The van der Waals surface area contributed by atoms with Crippen molar-refractivity contribution in [3.05, 3.63) is 71.8 Å². The molecule has 2 rings (SSSR count). The van der Waals surface area contributed by atoms with E-state index in [1.165, 1.54) is 0 Å². The number of benzene rings is 2. The molecule has 0 fully saturated rings. The van der Waals surface area contributed by atoms with Gasteiger partial charge in [0.2, 0.25) is 0 Å². The van der Waals surface area contributed by atoms with Crippen LogP contribution in [-0.2, 0) is 0 Å². The Hall–Kier alpha value is -0.600. The van der Waals surface area contributed by atoms with Crippen LogP contribution in [-0.4, -0.2) is 34.7 Å². The normalized spacial score (nSPS) is 9.73. The van der Waals surface area contributed by atoms with Crippen molar-refractivity contribution in [2.45, 2.75) is 6.10 Å². The van der Waals surface area contributed by atoms with E-state index >= 15 is 0 Å². The molecule has 0 aliphatic rings. The maximum atomic E-state index is 9.99. The summed E-state index contributed by atoms with van der Waals surface area (Å²) in [5.41, 5.74) is 1.86. The molecule has 72 valence electrons. The van der Waals surface area contributed by atoms with Gasteiger partial charge >= 0.3 is 29.6 Å². The van der Waals surface area contributed by atoms with Crippen LogP contribution in [0.15, 0.2) is 60.7 Å². The molecule has 2 aromatic rings. The van der Waals surface area contributed by atoms with E-state index in [0.717, 1.165) is 11.1 Å². The fourth-order valence-electron chi connectivity index (χ4n) is 1.46. The molecule has 0 spiro atoms. The molecule has 0 heterocycles. The van der Waals surface area contributed by atoms with E-state index in [4.69, 9.17) is 0 Å². The van der Waals surface area contributed by atoms with Gasteiger partial charge in [0.05, 0.1) is 0 Å². The monoisotopic (exact) mass is 208 g/mol. The van der Waals surface area contributed by atoms with Crippen LogP contribution in [0.4, 0.5) is 0 Å². The van der Waals surface area contributed by atoms with Gasteiger partial charge in [-0.2, -0.15) is 0 Å². The summed E-state index contributed by atoms with van der Waals surface area (Å²) in [6, 6.07) is 19.3. The van der Waals surface area contributed by atoms with Crippen LogP contribution in [0.1, 0.15) is 17.2 Å². The van der Waals surface area contributed by atoms with E-state index < -0.39 is 6.10 Å². The van der Waals surface area contributed by atoms with E-state index in [-0.39, 0.29) is 29.6 Å². The van der Waals surface area contributed by atoms with Gasteiger partial charge in [0.1, 0.15) is 6.10 Å². The molecule has 0 amide bonds. The van der Waals surface area contributed by atoms with Gasteiger partial charge in [0.15, 0.2) is 0 Å². The minimum absolute atomic E-state index is 0. The van der Waals surface area contributed by atoms with Crippen LogP contribution >= 0.6 is 0 Å². The second-order valence-electron chi connectivity index (χ2n) is 3.22. The third kappa shape index (κ3) is 3.18. The average Bonchev–Trinajstić information content (AvgIpc) is 2.30. The summed E-state index contributed by atoms with van der Waals surface area (Å²) in [6.45, 7) is 0. The van der Waals surface area contributed by atoms with Crippen molar-refractivity contribution in [1.82, 2.24) is 0 Å². The first-order chi connectivity index (χ1) is 6.88. The fraction of sp³-hybridized carbons (Fsp3) is 0.0769. The Morgan fingerprint density at radius 3 is 1.33 bits per heavy atom. The molecular formula is C13H13NaO. The first-order valence-electron chi connectivity index (χ1n) is 4.66. The number of hydrogen-bond donors (Lipinski definition) is 1. The van der Waals surface area contributed by atoms with Crippen LogP contribution in [0.25, 0.3) is 0 Å². The van der Waals surface area contributed by atoms with Gasteiger partial charge in [-0.15, -0.1) is 0 Å². The predicted octanol–water partition coefficient (Wildman–Crippen LogP) is 2.12. The van der Waals surface area contributed by atoms with E-state index in [1.807, 2.05) is 60.7 Å². The van der Waals surface area contributed by atoms with Crippen molar-refractivity contribution >= 4 is 29.6 Å². The van der Waals surface area contributed by atoms with Gasteiger partial charge in [-0.1, -0.05) is 60.7 Å². The summed E-state index contributed by atoms with van der Waals surface area (Å²) in [7, 11) is 0. The molecule has 2 aromatic carbocycles. The van der Waals surface area contributed by atoms with Gasteiger partial charge < -0.3 is 5.11 Å². The Balaban J connectivity index is 0.00000112. The fourth-order valence-corrected chi connectivity index (χ4v) is 1.46. The Kier molecular flexibility index (Phi) is 5.06. The van der Waals surface area contributed by atoms with Crippen molar-refractivity contribution in [1.29, 1.82) is 0 Å². The van der Waals surface area contributed by atoms with Crippen LogP contribution in [0.2, 0.25) is 0 Å². The number of hydrogen-bond acceptors (Lipinski definition) is 1. The Morgan fingerprint density at radius 1 is 0.667 bits per heavy atom. The van der Waals surface area contributed by atoms with Crippen LogP contribution < -0.4 is 0 Å². The maximum absolute atomic E-state index is 9.99. The molecular weight excluding hydrogens is 195 g/mol. The number of rotatable bonds is 2. The molecule has 0 aliphatic carbocycles. The standard InChI is InChI=1S/C13H12O.Na.H/c14-13(11-7-3-1-4-8-11)12-9-5-2-6-10-12;;/h1-10,13-14H;;. The minimum atomic E-state index is -0.516. The Morgan fingerprint density at radius 2 is 1.00 bits per heavy atom. The van der Waals surface area contributed by atoms with Crippen LogP contribution in [0, 0.1) is 0 Å². The second-order valence-corrected chi connectivity index (χ2v) is 3.22. The zero-order chi connectivity index (χ0) is 9.80. The van der Waals surface area contributed by atoms with Crippen molar-refractivity contribution in [3.63, 3.8) is 0 Å². The van der Waals surface area contributed by atoms with Crippen molar-refractivity contribution in [2.75, 3.05) is 0 Å². The van der Waals surface area contributed by atoms with Gasteiger partial charge in [-0.25, -0.2) is 0 Å². The number of aliphatic hydroxyl groups excluding tert-OH is 1. The molecule has 0 atom stereocenters. The number of aliphatic hydroxyl groups is 1. The summed E-state index contributed by atoms with van der Waals surface area (Å²) >= 11 is 0. The average molecular weight is 208 g/mol. The molecule has 2 heteroatoms. The SMILES string of the molecule is OC(c1ccccc1)c1ccccc1.[NaH]. The molecule has 0 saturated carbocycles. The third-order valence-corrected chi connectivity index (χ3v) is 2.23. The van der Waals surface area contributed by atoms with E-state index in [9.17, 15) is 5.11 Å². The zero-order valence-corrected chi connectivity index (χ0v) is 7.80. The van der Waals surface area contributed by atoms with Crippen molar-refractivity contribution in [2.24, 2.45) is 0 Å². The van der Waals surface area contributed by atoms with Gasteiger partial charge in [0, 0.05) is 0 Å². The summed E-state index contributed by atoms with van der Waals surface area (Å²) in [4.78, 5) is 0. The molecule has 15 heavy (non-hydrogen) atoms. The van der Waals surface area contributed by atoms with E-state index in [2.05, 4.69) is 0 Å². The molecule has 0 radical (unpaired) electrons. The Bertz CT molecular complexity index is 346. The third-order valence-electron chi connectivity index (χ3n) is 2.23. The first kappa shape index (κ1) is 12.5. The molecule has 0 unspecified atom stereocenters. The summed E-state index contributed by atoms with van der Waals surface area (Å²) < 4.78 is 0. The molecule has 0 bridgehead atoms.